The lowest BCUT2D eigenvalue weighted by Gasteiger charge is -2.31. The molecular formula is C16H23NO2. The minimum Gasteiger partial charge on any atom is -0.459 e. The van der Waals surface area contributed by atoms with Crippen LogP contribution in [0.3, 0.4) is 0 Å². The second-order valence-corrected chi connectivity index (χ2v) is 6.02. The van der Waals surface area contributed by atoms with Crippen molar-refractivity contribution in [3.63, 3.8) is 0 Å². The van der Waals surface area contributed by atoms with E-state index in [2.05, 4.69) is 13.8 Å². The van der Waals surface area contributed by atoms with Crippen LogP contribution in [0.2, 0.25) is 0 Å². The number of aryl methyl sites for hydroxylation is 1. The van der Waals surface area contributed by atoms with Crippen LogP contribution in [0.5, 0.6) is 0 Å². The smallest absolute Gasteiger partial charge is 0.338 e. The molecule has 3 heteroatoms. The van der Waals surface area contributed by atoms with Gasteiger partial charge in [-0.1, -0.05) is 19.9 Å². The van der Waals surface area contributed by atoms with Gasteiger partial charge in [-0.15, -0.1) is 0 Å². The van der Waals surface area contributed by atoms with Crippen LogP contribution in [-0.2, 0) is 4.74 Å². The van der Waals surface area contributed by atoms with Gasteiger partial charge >= 0.3 is 5.97 Å². The molecule has 2 atom stereocenters. The van der Waals surface area contributed by atoms with Gasteiger partial charge in [0.05, 0.1) is 5.56 Å². The number of nitrogen functional groups attached to an aromatic ring is 1. The number of benzene rings is 1. The maximum absolute atomic E-state index is 12.1. The molecule has 1 aliphatic carbocycles. The summed E-state index contributed by atoms with van der Waals surface area (Å²) < 4.78 is 5.62. The Hall–Kier alpha value is -1.51. The molecule has 2 unspecified atom stereocenters. The fourth-order valence-electron chi connectivity index (χ4n) is 2.96. The maximum atomic E-state index is 12.1. The molecule has 0 amide bonds. The van der Waals surface area contributed by atoms with Crippen LogP contribution in [0, 0.1) is 18.8 Å². The van der Waals surface area contributed by atoms with Gasteiger partial charge < -0.3 is 10.5 Å². The van der Waals surface area contributed by atoms with E-state index in [1.807, 2.05) is 13.0 Å². The van der Waals surface area contributed by atoms with E-state index in [1.165, 1.54) is 6.42 Å². The van der Waals surface area contributed by atoms with Gasteiger partial charge in [0.15, 0.2) is 0 Å². The molecule has 1 aromatic carbocycles. The Labute approximate surface area is 115 Å². The highest BCUT2D eigenvalue weighted by Crippen LogP contribution is 2.30. The highest BCUT2D eigenvalue weighted by molar-refractivity contribution is 5.90. The molecule has 1 saturated carbocycles. The lowest BCUT2D eigenvalue weighted by molar-refractivity contribution is 0.00806. The number of esters is 1. The van der Waals surface area contributed by atoms with Gasteiger partial charge in [-0.05, 0) is 55.7 Å². The summed E-state index contributed by atoms with van der Waals surface area (Å²) in [5.74, 6) is 1.01. The van der Waals surface area contributed by atoms with E-state index in [1.54, 1.807) is 12.1 Å². The normalized spacial score (nSPS) is 27.0. The van der Waals surface area contributed by atoms with Gasteiger partial charge in [0, 0.05) is 5.69 Å². The summed E-state index contributed by atoms with van der Waals surface area (Å²) in [6.07, 6.45) is 3.22. The predicted octanol–water partition coefficient (Wildman–Crippen LogP) is 3.56. The fourth-order valence-corrected chi connectivity index (χ4v) is 2.96. The van der Waals surface area contributed by atoms with Gasteiger partial charge in [-0.3, -0.25) is 0 Å². The summed E-state index contributed by atoms with van der Waals surface area (Å²) in [7, 11) is 0. The van der Waals surface area contributed by atoms with Crippen LogP contribution in [0.25, 0.3) is 0 Å². The van der Waals surface area contributed by atoms with Crippen LogP contribution in [-0.4, -0.2) is 12.1 Å². The van der Waals surface area contributed by atoms with Gasteiger partial charge in [-0.2, -0.15) is 0 Å². The molecule has 0 spiro atoms. The third kappa shape index (κ3) is 3.49. The average molecular weight is 261 g/mol. The Morgan fingerprint density at radius 2 is 1.84 bits per heavy atom. The van der Waals surface area contributed by atoms with Crippen LogP contribution in [0.15, 0.2) is 18.2 Å². The number of hydrogen-bond donors (Lipinski definition) is 1. The van der Waals surface area contributed by atoms with Gasteiger partial charge in [-0.25, -0.2) is 4.79 Å². The van der Waals surface area contributed by atoms with E-state index in [0.717, 1.165) is 18.4 Å². The molecule has 2 rings (SSSR count). The zero-order chi connectivity index (χ0) is 14.0. The summed E-state index contributed by atoms with van der Waals surface area (Å²) in [4.78, 5) is 12.1. The second-order valence-electron chi connectivity index (χ2n) is 6.02. The highest BCUT2D eigenvalue weighted by atomic mass is 16.5. The van der Waals surface area contributed by atoms with Crippen molar-refractivity contribution in [2.24, 2.45) is 11.8 Å². The summed E-state index contributed by atoms with van der Waals surface area (Å²) in [6, 6.07) is 5.34. The van der Waals surface area contributed by atoms with Crippen molar-refractivity contribution < 1.29 is 9.53 Å². The first-order valence-electron chi connectivity index (χ1n) is 7.02. The standard InChI is InChI=1S/C16H23NO2/c1-10-6-11(2)8-14(7-10)19-16(18)13-5-4-12(3)15(17)9-13/h4-5,9-11,14H,6-8,17H2,1-3H3. The minimum absolute atomic E-state index is 0.0498. The molecule has 0 bridgehead atoms. The first-order valence-corrected chi connectivity index (χ1v) is 7.02. The number of hydrogen-bond acceptors (Lipinski definition) is 3. The third-order valence-electron chi connectivity index (χ3n) is 3.92. The molecule has 0 radical (unpaired) electrons. The molecule has 0 aromatic heterocycles. The summed E-state index contributed by atoms with van der Waals surface area (Å²) in [5.41, 5.74) is 8.00. The van der Waals surface area contributed by atoms with Crippen LogP contribution >= 0.6 is 0 Å². The van der Waals surface area contributed by atoms with Crippen molar-refractivity contribution >= 4 is 11.7 Å². The molecule has 1 fully saturated rings. The van der Waals surface area contributed by atoms with Crippen molar-refractivity contribution in [2.75, 3.05) is 5.73 Å². The van der Waals surface area contributed by atoms with E-state index in [0.29, 0.717) is 23.1 Å². The van der Waals surface area contributed by atoms with Gasteiger partial charge in [0.25, 0.3) is 0 Å². The molecule has 0 aliphatic heterocycles. The van der Waals surface area contributed by atoms with Crippen molar-refractivity contribution in [1.29, 1.82) is 0 Å². The lowest BCUT2D eigenvalue weighted by Crippen LogP contribution is -2.28. The van der Waals surface area contributed by atoms with E-state index in [4.69, 9.17) is 10.5 Å². The topological polar surface area (TPSA) is 52.3 Å². The maximum Gasteiger partial charge on any atom is 0.338 e. The molecule has 1 aliphatic rings. The Kier molecular flexibility index (Phi) is 4.13. The largest absolute Gasteiger partial charge is 0.459 e. The quantitative estimate of drug-likeness (QED) is 0.654. The molecule has 1 aromatic rings. The number of carbonyl (C=O) groups is 1. The summed E-state index contributed by atoms with van der Waals surface area (Å²) >= 11 is 0. The molecule has 2 N–H and O–H groups in total. The SMILES string of the molecule is Cc1ccc(C(=O)OC2CC(C)CC(C)C2)cc1N. The van der Waals surface area contributed by atoms with Gasteiger partial charge in [0.2, 0.25) is 0 Å². The third-order valence-corrected chi connectivity index (χ3v) is 3.92. The van der Waals surface area contributed by atoms with Crippen molar-refractivity contribution in [1.82, 2.24) is 0 Å². The molecular weight excluding hydrogens is 238 g/mol. The number of rotatable bonds is 2. The molecule has 0 saturated heterocycles. The van der Waals surface area contributed by atoms with Crippen LogP contribution < -0.4 is 5.73 Å². The monoisotopic (exact) mass is 261 g/mol. The van der Waals surface area contributed by atoms with E-state index < -0.39 is 0 Å². The predicted molar refractivity (Wildman–Crippen MR) is 77.0 cm³/mol. The van der Waals surface area contributed by atoms with Crippen LogP contribution in [0.4, 0.5) is 5.69 Å². The highest BCUT2D eigenvalue weighted by Gasteiger charge is 2.27. The molecule has 19 heavy (non-hydrogen) atoms. The van der Waals surface area contributed by atoms with E-state index >= 15 is 0 Å². The Balaban J connectivity index is 2.02. The number of anilines is 1. The first kappa shape index (κ1) is 13.9. The first-order chi connectivity index (χ1) is 8.95. The Morgan fingerprint density at radius 3 is 2.42 bits per heavy atom. The van der Waals surface area contributed by atoms with Gasteiger partial charge in [0.1, 0.15) is 6.10 Å². The summed E-state index contributed by atoms with van der Waals surface area (Å²) in [5, 5.41) is 0. The number of ether oxygens (including phenoxy) is 1. The van der Waals surface area contributed by atoms with Crippen molar-refractivity contribution in [3.05, 3.63) is 29.3 Å². The number of nitrogens with two attached hydrogens (primary N) is 1. The van der Waals surface area contributed by atoms with Crippen molar-refractivity contribution in [2.45, 2.75) is 46.1 Å². The molecule has 3 nitrogen and oxygen atoms in total. The van der Waals surface area contributed by atoms with Crippen LogP contribution in [0.1, 0.15) is 49.0 Å². The average Bonchev–Trinajstić information content (AvgIpc) is 2.31. The molecule has 104 valence electrons. The Morgan fingerprint density at radius 1 is 1.21 bits per heavy atom. The zero-order valence-electron chi connectivity index (χ0n) is 12.0. The lowest BCUT2D eigenvalue weighted by atomic mass is 9.82. The van der Waals surface area contributed by atoms with Crippen molar-refractivity contribution in [3.8, 4) is 0 Å². The Bertz CT molecular complexity index is 460. The van der Waals surface area contributed by atoms with E-state index in [-0.39, 0.29) is 12.1 Å². The zero-order valence-corrected chi connectivity index (χ0v) is 12.0. The second kappa shape index (κ2) is 5.64. The summed E-state index contributed by atoms with van der Waals surface area (Å²) in [6.45, 7) is 6.37. The fraction of sp³-hybridized carbons (Fsp3) is 0.562. The van der Waals surface area contributed by atoms with E-state index in [9.17, 15) is 4.79 Å². The number of carbonyl (C=O) groups excluding carboxylic acids is 1. The minimum atomic E-state index is -0.252. The molecule has 0 heterocycles.